The Labute approximate surface area is 130 Å². The number of carbonyl (C=O) groups is 1. The molecule has 114 valence electrons. The summed E-state index contributed by atoms with van der Waals surface area (Å²) in [5.41, 5.74) is 1.36. The second kappa shape index (κ2) is 4.93. The van der Waals surface area contributed by atoms with E-state index in [0.29, 0.717) is 18.6 Å². The van der Waals surface area contributed by atoms with Crippen LogP contribution in [0.4, 0.5) is 5.95 Å². The van der Waals surface area contributed by atoms with Gasteiger partial charge in [0.1, 0.15) is 11.6 Å². The van der Waals surface area contributed by atoms with Crippen LogP contribution in [0.25, 0.3) is 0 Å². The van der Waals surface area contributed by atoms with Gasteiger partial charge in [0.05, 0.1) is 5.41 Å². The van der Waals surface area contributed by atoms with Crippen LogP contribution in [0.3, 0.4) is 0 Å². The molecule has 1 aliphatic heterocycles. The van der Waals surface area contributed by atoms with E-state index in [0.717, 1.165) is 37.7 Å². The molecular formula is C17H20N4O. The Morgan fingerprint density at radius 2 is 1.73 bits per heavy atom. The maximum absolute atomic E-state index is 11.4. The summed E-state index contributed by atoms with van der Waals surface area (Å²) in [5, 5.41) is 8.93. The van der Waals surface area contributed by atoms with Gasteiger partial charge < -0.3 is 4.90 Å². The minimum absolute atomic E-state index is 0.0346. The van der Waals surface area contributed by atoms with E-state index >= 15 is 0 Å². The quantitative estimate of drug-likeness (QED) is 0.870. The molecule has 0 atom stereocenters. The van der Waals surface area contributed by atoms with Gasteiger partial charge in [0, 0.05) is 33.0 Å². The lowest BCUT2D eigenvalue weighted by Crippen LogP contribution is -2.35. The molecule has 4 rings (SSSR count). The lowest BCUT2D eigenvalue weighted by atomic mass is 9.95. The van der Waals surface area contributed by atoms with E-state index in [1.807, 2.05) is 13.1 Å². The fraction of sp³-hybridized carbons (Fsp3) is 0.471. The predicted octanol–water partition coefficient (Wildman–Crippen LogP) is 2.06. The Morgan fingerprint density at radius 1 is 1.05 bits per heavy atom. The summed E-state index contributed by atoms with van der Waals surface area (Å²) in [5.74, 6) is 2.29. The van der Waals surface area contributed by atoms with Gasteiger partial charge >= 0.3 is 0 Å². The van der Waals surface area contributed by atoms with Gasteiger partial charge in [-0.25, -0.2) is 0 Å². The minimum atomic E-state index is 0.0346. The summed E-state index contributed by atoms with van der Waals surface area (Å²) in [4.78, 5) is 13.6. The topological polar surface area (TPSA) is 51.0 Å². The number of hydrogen-bond acceptors (Lipinski definition) is 4. The maximum Gasteiger partial charge on any atom is 0.227 e. The van der Waals surface area contributed by atoms with Crippen LogP contribution in [0.2, 0.25) is 0 Å². The third kappa shape index (κ3) is 2.03. The van der Waals surface area contributed by atoms with E-state index in [4.69, 9.17) is 0 Å². The minimum Gasteiger partial charge on any atom is -0.340 e. The molecule has 5 nitrogen and oxygen atoms in total. The van der Waals surface area contributed by atoms with Crippen LogP contribution in [0.15, 0.2) is 30.3 Å². The average molecular weight is 296 g/mol. The lowest BCUT2D eigenvalue weighted by Gasteiger charge is -2.27. The second-order valence-electron chi connectivity index (χ2n) is 6.36. The number of carbonyl (C=O) groups excluding carboxylic acids is 1. The summed E-state index contributed by atoms with van der Waals surface area (Å²) in [6, 6.07) is 10.6. The molecule has 0 bridgehead atoms. The smallest absolute Gasteiger partial charge is 0.227 e. The van der Waals surface area contributed by atoms with Crippen LogP contribution in [-0.2, 0) is 17.3 Å². The van der Waals surface area contributed by atoms with E-state index < -0.39 is 0 Å². The Bertz CT molecular complexity index is 693. The Balaban J connectivity index is 1.66. The van der Waals surface area contributed by atoms with Gasteiger partial charge in [0.15, 0.2) is 0 Å². The highest BCUT2D eigenvalue weighted by atomic mass is 16.1. The summed E-state index contributed by atoms with van der Waals surface area (Å²) in [7, 11) is 2.05. The fourth-order valence-corrected chi connectivity index (χ4v) is 3.49. The van der Waals surface area contributed by atoms with Crippen LogP contribution in [0.1, 0.15) is 37.1 Å². The molecule has 1 aliphatic carbocycles. The lowest BCUT2D eigenvalue weighted by molar-refractivity contribution is -0.119. The van der Waals surface area contributed by atoms with Crippen molar-refractivity contribution in [2.24, 2.45) is 7.05 Å². The standard InChI is InChI=1S/C17H20N4O/c1-20-15(17(9-10-17)13-5-3-2-4-6-13)18-19-16(20)21-11-7-14(22)8-12-21/h2-6H,7-12H2,1H3. The van der Waals surface area contributed by atoms with Crippen LogP contribution >= 0.6 is 0 Å². The molecule has 2 aliphatic rings. The molecule has 0 unspecified atom stereocenters. The Kier molecular flexibility index (Phi) is 3.03. The number of ketones is 1. The van der Waals surface area contributed by atoms with Gasteiger partial charge in [-0.1, -0.05) is 30.3 Å². The van der Waals surface area contributed by atoms with Gasteiger partial charge in [0.25, 0.3) is 0 Å². The molecule has 0 N–H and O–H groups in total. The van der Waals surface area contributed by atoms with Crippen molar-refractivity contribution in [1.82, 2.24) is 14.8 Å². The fourth-order valence-electron chi connectivity index (χ4n) is 3.49. The summed E-state index contributed by atoms with van der Waals surface area (Å²) in [6.07, 6.45) is 3.49. The third-order valence-electron chi connectivity index (χ3n) is 4.96. The monoisotopic (exact) mass is 296 g/mol. The van der Waals surface area contributed by atoms with Crippen molar-refractivity contribution in [2.75, 3.05) is 18.0 Å². The van der Waals surface area contributed by atoms with Crippen molar-refractivity contribution in [3.63, 3.8) is 0 Å². The number of Topliss-reactive ketones (excluding diaryl/α,β-unsaturated/α-hetero) is 1. The van der Waals surface area contributed by atoms with Crippen LogP contribution < -0.4 is 4.90 Å². The molecule has 5 heteroatoms. The van der Waals surface area contributed by atoms with E-state index in [9.17, 15) is 4.79 Å². The van der Waals surface area contributed by atoms with E-state index in [1.165, 1.54) is 5.56 Å². The molecule has 0 spiro atoms. The summed E-state index contributed by atoms with van der Waals surface area (Å²) in [6.45, 7) is 1.51. The molecule has 2 aromatic rings. The highest BCUT2D eigenvalue weighted by molar-refractivity contribution is 5.80. The predicted molar refractivity (Wildman–Crippen MR) is 83.9 cm³/mol. The number of nitrogens with zero attached hydrogens (tertiary/aromatic N) is 4. The van der Waals surface area contributed by atoms with Crippen molar-refractivity contribution in [1.29, 1.82) is 0 Å². The first-order valence-electron chi connectivity index (χ1n) is 7.93. The summed E-state index contributed by atoms with van der Waals surface area (Å²) < 4.78 is 2.12. The third-order valence-corrected chi connectivity index (χ3v) is 4.96. The number of aromatic nitrogens is 3. The van der Waals surface area contributed by atoms with Crippen molar-refractivity contribution < 1.29 is 4.79 Å². The number of hydrogen-bond donors (Lipinski definition) is 0. The van der Waals surface area contributed by atoms with Crippen LogP contribution in [0, 0.1) is 0 Å². The zero-order valence-corrected chi connectivity index (χ0v) is 12.8. The van der Waals surface area contributed by atoms with Crippen molar-refractivity contribution in [2.45, 2.75) is 31.1 Å². The zero-order chi connectivity index (χ0) is 15.2. The molecule has 1 aromatic heterocycles. The van der Waals surface area contributed by atoms with Gasteiger partial charge in [-0.15, -0.1) is 10.2 Å². The largest absolute Gasteiger partial charge is 0.340 e. The average Bonchev–Trinajstić information content (AvgIpc) is 3.27. The highest BCUT2D eigenvalue weighted by Gasteiger charge is 2.50. The van der Waals surface area contributed by atoms with Crippen molar-refractivity contribution in [3.05, 3.63) is 41.7 Å². The molecule has 1 aromatic carbocycles. The molecule has 1 saturated heterocycles. The normalized spacial score (nSPS) is 20.2. The van der Waals surface area contributed by atoms with Gasteiger partial charge in [0.2, 0.25) is 5.95 Å². The first-order valence-corrected chi connectivity index (χ1v) is 7.93. The Morgan fingerprint density at radius 3 is 2.36 bits per heavy atom. The zero-order valence-electron chi connectivity index (χ0n) is 12.8. The van der Waals surface area contributed by atoms with Gasteiger partial charge in [-0.2, -0.15) is 0 Å². The first-order chi connectivity index (χ1) is 10.7. The van der Waals surface area contributed by atoms with E-state index in [-0.39, 0.29) is 5.41 Å². The number of benzene rings is 1. The molecular weight excluding hydrogens is 276 g/mol. The molecule has 2 heterocycles. The van der Waals surface area contributed by atoms with E-state index in [2.05, 4.69) is 43.9 Å². The summed E-state index contributed by atoms with van der Waals surface area (Å²) >= 11 is 0. The second-order valence-corrected chi connectivity index (χ2v) is 6.36. The highest BCUT2D eigenvalue weighted by Crippen LogP contribution is 2.52. The molecule has 22 heavy (non-hydrogen) atoms. The molecule has 2 fully saturated rings. The number of piperidine rings is 1. The number of anilines is 1. The van der Waals surface area contributed by atoms with E-state index in [1.54, 1.807) is 0 Å². The Hall–Kier alpha value is -2.17. The van der Waals surface area contributed by atoms with Crippen molar-refractivity contribution >= 4 is 11.7 Å². The SMILES string of the molecule is Cn1c(N2CCC(=O)CC2)nnc1C1(c2ccccc2)CC1. The number of rotatable bonds is 3. The van der Waals surface area contributed by atoms with Gasteiger partial charge in [-0.3, -0.25) is 9.36 Å². The van der Waals surface area contributed by atoms with Crippen LogP contribution in [-0.4, -0.2) is 33.6 Å². The van der Waals surface area contributed by atoms with Crippen molar-refractivity contribution in [3.8, 4) is 0 Å². The molecule has 1 saturated carbocycles. The molecule has 0 radical (unpaired) electrons. The van der Waals surface area contributed by atoms with Crippen LogP contribution in [0.5, 0.6) is 0 Å². The molecule has 0 amide bonds. The maximum atomic E-state index is 11.4. The first kappa shape index (κ1) is 13.5. The van der Waals surface area contributed by atoms with Gasteiger partial charge in [-0.05, 0) is 18.4 Å².